The first-order chi connectivity index (χ1) is 10.1. The van der Waals surface area contributed by atoms with Gasteiger partial charge < -0.3 is 15.4 Å². The Bertz CT molecular complexity index is 479. The van der Waals surface area contributed by atoms with Crippen molar-refractivity contribution in [2.75, 3.05) is 13.2 Å². The molecule has 0 saturated carbocycles. The minimum atomic E-state index is 0.0280. The summed E-state index contributed by atoms with van der Waals surface area (Å²) in [6.07, 6.45) is 3.64. The van der Waals surface area contributed by atoms with Gasteiger partial charge in [0.2, 0.25) is 5.91 Å². The Labute approximate surface area is 134 Å². The molecule has 1 aliphatic heterocycles. The van der Waals surface area contributed by atoms with Crippen molar-refractivity contribution in [3.8, 4) is 5.75 Å². The van der Waals surface area contributed by atoms with Gasteiger partial charge in [0.25, 0.3) is 0 Å². The number of hydrogen-bond acceptors (Lipinski definition) is 3. The molecule has 1 fully saturated rings. The van der Waals surface area contributed by atoms with Crippen LogP contribution in [0, 0.1) is 0 Å². The van der Waals surface area contributed by atoms with Gasteiger partial charge in [-0.05, 0) is 44.4 Å². The molecular formula is C16H23BrN2O2. The van der Waals surface area contributed by atoms with Crippen LogP contribution in [0.15, 0.2) is 28.7 Å². The number of ether oxygens (including phenoxy) is 1. The maximum absolute atomic E-state index is 12.4. The highest BCUT2D eigenvalue weighted by atomic mass is 79.9. The summed E-state index contributed by atoms with van der Waals surface area (Å²) in [7, 11) is 0. The van der Waals surface area contributed by atoms with Crippen LogP contribution in [0.5, 0.6) is 5.75 Å². The minimum Gasteiger partial charge on any atom is -0.493 e. The van der Waals surface area contributed by atoms with Crippen molar-refractivity contribution in [3.05, 3.63) is 28.7 Å². The average molecular weight is 355 g/mol. The highest BCUT2D eigenvalue weighted by molar-refractivity contribution is 9.10. The molecule has 1 amide bonds. The van der Waals surface area contributed by atoms with Crippen LogP contribution < -0.4 is 10.5 Å². The zero-order valence-electron chi connectivity index (χ0n) is 12.4. The van der Waals surface area contributed by atoms with E-state index in [9.17, 15) is 4.79 Å². The molecule has 116 valence electrons. The summed E-state index contributed by atoms with van der Waals surface area (Å²) < 4.78 is 6.61. The summed E-state index contributed by atoms with van der Waals surface area (Å²) in [4.78, 5) is 14.3. The van der Waals surface area contributed by atoms with Gasteiger partial charge in [0.15, 0.2) is 0 Å². The number of hydrogen-bond donors (Lipinski definition) is 1. The summed E-state index contributed by atoms with van der Waals surface area (Å²) in [6, 6.07) is 7.85. The molecule has 1 saturated heterocycles. The molecule has 1 aromatic rings. The van der Waals surface area contributed by atoms with E-state index in [1.807, 2.05) is 36.1 Å². The van der Waals surface area contributed by atoms with Gasteiger partial charge in [-0.15, -0.1) is 0 Å². The van der Waals surface area contributed by atoms with Crippen molar-refractivity contribution < 1.29 is 9.53 Å². The number of rotatable bonds is 5. The van der Waals surface area contributed by atoms with Crippen LogP contribution in [0.2, 0.25) is 0 Å². The van der Waals surface area contributed by atoms with E-state index in [4.69, 9.17) is 10.5 Å². The second-order valence-corrected chi connectivity index (χ2v) is 6.48. The fourth-order valence-corrected chi connectivity index (χ4v) is 3.15. The monoisotopic (exact) mass is 354 g/mol. The lowest BCUT2D eigenvalue weighted by Gasteiger charge is -2.38. The predicted molar refractivity (Wildman–Crippen MR) is 87.3 cm³/mol. The van der Waals surface area contributed by atoms with Gasteiger partial charge in [-0.1, -0.05) is 22.0 Å². The summed E-state index contributed by atoms with van der Waals surface area (Å²) in [5.74, 6) is 0.923. The molecule has 0 radical (unpaired) electrons. The summed E-state index contributed by atoms with van der Waals surface area (Å²) in [5.41, 5.74) is 6.00. The number of carbonyl (C=O) groups is 1. The minimum absolute atomic E-state index is 0.0280. The number of carbonyl (C=O) groups excluding carboxylic acids is 1. The Hall–Kier alpha value is -1.07. The Morgan fingerprint density at radius 1 is 1.52 bits per heavy atom. The maximum Gasteiger partial charge on any atom is 0.226 e. The van der Waals surface area contributed by atoms with Gasteiger partial charge in [0.05, 0.1) is 13.0 Å². The van der Waals surface area contributed by atoms with Gasteiger partial charge in [-0.2, -0.15) is 0 Å². The molecule has 5 heteroatoms. The van der Waals surface area contributed by atoms with Crippen molar-refractivity contribution in [3.63, 3.8) is 0 Å². The third-order valence-corrected chi connectivity index (χ3v) is 4.35. The fourth-order valence-electron chi connectivity index (χ4n) is 2.77. The first-order valence-corrected chi connectivity index (χ1v) is 8.30. The van der Waals surface area contributed by atoms with E-state index < -0.39 is 0 Å². The molecule has 0 spiro atoms. The second-order valence-electron chi connectivity index (χ2n) is 5.57. The SMILES string of the molecule is CC(N)C1CCCCN1C(=O)CCOc1cccc(Br)c1. The Morgan fingerprint density at radius 3 is 3.05 bits per heavy atom. The molecule has 2 rings (SSSR count). The first-order valence-electron chi connectivity index (χ1n) is 7.51. The molecule has 4 nitrogen and oxygen atoms in total. The van der Waals surface area contributed by atoms with E-state index in [1.54, 1.807) is 0 Å². The standard InChI is InChI=1S/C16H23BrN2O2/c1-12(18)15-7-2-3-9-19(15)16(20)8-10-21-14-6-4-5-13(17)11-14/h4-6,11-12,15H,2-3,7-10,18H2,1H3. The van der Waals surface area contributed by atoms with Crippen molar-refractivity contribution >= 4 is 21.8 Å². The Balaban J connectivity index is 1.83. The quantitative estimate of drug-likeness (QED) is 0.884. The predicted octanol–water partition coefficient (Wildman–Crippen LogP) is 2.95. The first kappa shape index (κ1) is 16.3. The summed E-state index contributed by atoms with van der Waals surface area (Å²) >= 11 is 3.40. The molecule has 0 aromatic heterocycles. The van der Waals surface area contributed by atoms with Crippen LogP contribution in [-0.4, -0.2) is 36.0 Å². The molecule has 2 atom stereocenters. The van der Waals surface area contributed by atoms with E-state index in [-0.39, 0.29) is 18.0 Å². The second kappa shape index (κ2) is 7.80. The molecule has 1 aliphatic rings. The van der Waals surface area contributed by atoms with Crippen LogP contribution in [0.3, 0.4) is 0 Å². The highest BCUT2D eigenvalue weighted by Crippen LogP contribution is 2.21. The van der Waals surface area contributed by atoms with Gasteiger partial charge >= 0.3 is 0 Å². The number of nitrogens with two attached hydrogens (primary N) is 1. The summed E-state index contributed by atoms with van der Waals surface area (Å²) in [6.45, 7) is 3.20. The van der Waals surface area contributed by atoms with E-state index in [0.29, 0.717) is 13.0 Å². The molecule has 2 N–H and O–H groups in total. The maximum atomic E-state index is 12.4. The fraction of sp³-hybridized carbons (Fsp3) is 0.562. The van der Waals surface area contributed by atoms with Gasteiger partial charge in [-0.3, -0.25) is 4.79 Å². The van der Waals surface area contributed by atoms with Gasteiger partial charge in [0, 0.05) is 23.1 Å². The van der Waals surface area contributed by atoms with Crippen molar-refractivity contribution in [2.45, 2.75) is 44.7 Å². The Kier molecular flexibility index (Phi) is 6.06. The van der Waals surface area contributed by atoms with Crippen LogP contribution in [0.4, 0.5) is 0 Å². The zero-order valence-corrected chi connectivity index (χ0v) is 14.0. The van der Waals surface area contributed by atoms with E-state index in [1.165, 1.54) is 0 Å². The third kappa shape index (κ3) is 4.71. The normalized spacial score (nSPS) is 20.1. The van der Waals surface area contributed by atoms with Crippen molar-refractivity contribution in [1.82, 2.24) is 4.90 Å². The molecule has 0 aliphatic carbocycles. The molecule has 0 bridgehead atoms. The van der Waals surface area contributed by atoms with Gasteiger partial charge in [-0.25, -0.2) is 0 Å². The lowest BCUT2D eigenvalue weighted by atomic mass is 9.96. The largest absolute Gasteiger partial charge is 0.493 e. The smallest absolute Gasteiger partial charge is 0.226 e. The number of piperidine rings is 1. The van der Waals surface area contributed by atoms with E-state index >= 15 is 0 Å². The van der Waals surface area contributed by atoms with E-state index in [0.717, 1.165) is 36.0 Å². The van der Waals surface area contributed by atoms with Crippen LogP contribution in [0.25, 0.3) is 0 Å². The number of halogens is 1. The molecule has 2 unspecified atom stereocenters. The van der Waals surface area contributed by atoms with E-state index in [2.05, 4.69) is 15.9 Å². The Morgan fingerprint density at radius 2 is 2.33 bits per heavy atom. The van der Waals surface area contributed by atoms with Crippen molar-refractivity contribution in [1.29, 1.82) is 0 Å². The highest BCUT2D eigenvalue weighted by Gasteiger charge is 2.28. The third-order valence-electron chi connectivity index (χ3n) is 3.86. The number of nitrogens with zero attached hydrogens (tertiary/aromatic N) is 1. The van der Waals surface area contributed by atoms with Crippen LogP contribution >= 0.6 is 15.9 Å². The van der Waals surface area contributed by atoms with Crippen LogP contribution in [-0.2, 0) is 4.79 Å². The number of likely N-dealkylation sites (tertiary alicyclic amines) is 1. The lowest BCUT2D eigenvalue weighted by Crippen LogP contribution is -2.51. The number of amides is 1. The van der Waals surface area contributed by atoms with Crippen LogP contribution in [0.1, 0.15) is 32.6 Å². The molecular weight excluding hydrogens is 332 g/mol. The molecule has 21 heavy (non-hydrogen) atoms. The number of benzene rings is 1. The summed E-state index contributed by atoms with van der Waals surface area (Å²) in [5, 5.41) is 0. The molecule has 1 aromatic carbocycles. The topological polar surface area (TPSA) is 55.6 Å². The lowest BCUT2D eigenvalue weighted by molar-refractivity contribution is -0.135. The zero-order chi connectivity index (χ0) is 15.2. The molecule has 1 heterocycles. The van der Waals surface area contributed by atoms with Gasteiger partial charge in [0.1, 0.15) is 5.75 Å². The average Bonchev–Trinajstić information content (AvgIpc) is 2.47. The van der Waals surface area contributed by atoms with Crippen molar-refractivity contribution in [2.24, 2.45) is 5.73 Å².